The fraction of sp³-hybridized carbons (Fsp3) is 0.750. The predicted molar refractivity (Wildman–Crippen MR) is 122 cm³/mol. The van der Waals surface area contributed by atoms with Crippen molar-refractivity contribution in [2.45, 2.75) is 45.6 Å². The number of hydrogen-bond donors (Lipinski definition) is 0. The van der Waals surface area contributed by atoms with Crippen molar-refractivity contribution in [1.82, 2.24) is 19.0 Å². The SMILES string of the molecule is Cc1nn(C2CCS(=O)(=O)C2)c(C)c1N1CCN(S(=O)(=O)CCN2C(=O)CCCC2=O)CC1. The van der Waals surface area contributed by atoms with Gasteiger partial charge in [0.2, 0.25) is 21.8 Å². The molecule has 13 heteroatoms. The summed E-state index contributed by atoms with van der Waals surface area (Å²) in [7, 11) is -6.63. The van der Waals surface area contributed by atoms with Crippen molar-refractivity contribution < 1.29 is 26.4 Å². The first-order valence-corrected chi connectivity index (χ1v) is 14.7. The van der Waals surface area contributed by atoms with Crippen LogP contribution in [0.4, 0.5) is 5.69 Å². The predicted octanol–water partition coefficient (Wildman–Crippen LogP) is -0.150. The Morgan fingerprint density at radius 2 is 1.67 bits per heavy atom. The van der Waals surface area contributed by atoms with E-state index in [4.69, 9.17) is 0 Å². The number of nitrogens with zero attached hydrogens (tertiary/aromatic N) is 5. The molecule has 11 nitrogen and oxygen atoms in total. The molecule has 0 N–H and O–H groups in total. The molecule has 0 aliphatic carbocycles. The molecule has 0 radical (unpaired) electrons. The number of imide groups is 1. The molecule has 1 atom stereocenters. The largest absolute Gasteiger partial charge is 0.366 e. The van der Waals surface area contributed by atoms with E-state index in [1.54, 1.807) is 0 Å². The molecule has 0 aromatic carbocycles. The van der Waals surface area contributed by atoms with E-state index in [1.165, 1.54) is 4.31 Å². The zero-order valence-electron chi connectivity index (χ0n) is 19.1. The molecule has 0 saturated carbocycles. The topological polar surface area (TPSA) is 130 Å². The molecule has 4 heterocycles. The highest BCUT2D eigenvalue weighted by Gasteiger charge is 2.34. The van der Waals surface area contributed by atoms with Gasteiger partial charge in [-0.25, -0.2) is 16.8 Å². The van der Waals surface area contributed by atoms with Crippen LogP contribution in [0.2, 0.25) is 0 Å². The van der Waals surface area contributed by atoms with Crippen LogP contribution in [0.25, 0.3) is 0 Å². The van der Waals surface area contributed by atoms with Gasteiger partial charge in [-0.2, -0.15) is 9.40 Å². The number of rotatable bonds is 6. The van der Waals surface area contributed by atoms with Gasteiger partial charge in [-0.05, 0) is 26.7 Å². The average molecular weight is 502 g/mol. The van der Waals surface area contributed by atoms with Gasteiger partial charge in [-0.3, -0.25) is 19.2 Å². The summed E-state index contributed by atoms with van der Waals surface area (Å²) >= 11 is 0. The maximum atomic E-state index is 12.8. The lowest BCUT2D eigenvalue weighted by molar-refractivity contribution is -0.147. The summed E-state index contributed by atoms with van der Waals surface area (Å²) in [5, 5.41) is 4.61. The van der Waals surface area contributed by atoms with Crippen LogP contribution >= 0.6 is 0 Å². The highest BCUT2D eigenvalue weighted by Crippen LogP contribution is 2.32. The standard InChI is InChI=1S/C20H31N5O6S2/c1-15-20(16(2)25(21-15)17-6-12-32(28,29)14-17)22-7-9-23(10-8-22)33(30,31)13-11-24-18(26)4-3-5-19(24)27/h17H,3-14H2,1-2H3. The molecule has 4 rings (SSSR count). The van der Waals surface area contributed by atoms with Gasteiger partial charge in [0.05, 0.1) is 40.4 Å². The normalized spacial score (nSPS) is 24.6. The Labute approximate surface area is 194 Å². The van der Waals surface area contributed by atoms with Crippen LogP contribution in [-0.2, 0) is 29.4 Å². The monoisotopic (exact) mass is 501 g/mol. The third kappa shape index (κ3) is 4.94. The van der Waals surface area contributed by atoms with Crippen LogP contribution in [0.3, 0.4) is 0 Å². The Hall–Kier alpha value is -1.99. The summed E-state index contributed by atoms with van der Waals surface area (Å²) in [5.41, 5.74) is 2.63. The molecule has 1 aromatic rings. The molecular formula is C20H31N5O6S2. The summed E-state index contributed by atoms with van der Waals surface area (Å²) in [6.45, 7) is 5.27. The molecule has 184 valence electrons. The highest BCUT2D eigenvalue weighted by atomic mass is 32.2. The summed E-state index contributed by atoms with van der Waals surface area (Å²) < 4.78 is 52.7. The Bertz CT molecular complexity index is 1140. The number of likely N-dealkylation sites (tertiary alicyclic amines) is 1. The molecule has 3 aliphatic rings. The van der Waals surface area contributed by atoms with Gasteiger partial charge in [0, 0.05) is 45.6 Å². The molecule has 1 aromatic heterocycles. The molecule has 0 bridgehead atoms. The number of carbonyl (C=O) groups is 2. The highest BCUT2D eigenvalue weighted by molar-refractivity contribution is 7.91. The van der Waals surface area contributed by atoms with Crippen LogP contribution in [0.5, 0.6) is 0 Å². The maximum Gasteiger partial charge on any atom is 0.229 e. The molecular weight excluding hydrogens is 470 g/mol. The fourth-order valence-corrected chi connectivity index (χ4v) is 8.09. The van der Waals surface area contributed by atoms with Crippen molar-refractivity contribution in [3.05, 3.63) is 11.4 Å². The first kappa shape index (κ1) is 24.1. The van der Waals surface area contributed by atoms with Gasteiger partial charge in [0.25, 0.3) is 0 Å². The van der Waals surface area contributed by atoms with Crippen LogP contribution in [0.15, 0.2) is 0 Å². The lowest BCUT2D eigenvalue weighted by Crippen LogP contribution is -2.51. The van der Waals surface area contributed by atoms with E-state index >= 15 is 0 Å². The quantitative estimate of drug-likeness (QED) is 0.492. The van der Waals surface area contributed by atoms with Crippen LogP contribution in [-0.4, -0.2) is 97.6 Å². The van der Waals surface area contributed by atoms with Crippen molar-refractivity contribution in [3.63, 3.8) is 0 Å². The number of aryl methyl sites for hydroxylation is 1. The fourth-order valence-electron chi connectivity index (χ4n) is 5.01. The minimum absolute atomic E-state index is 0.0996. The zero-order valence-corrected chi connectivity index (χ0v) is 20.7. The number of carbonyl (C=O) groups excluding carboxylic acids is 2. The van der Waals surface area contributed by atoms with Gasteiger partial charge in [-0.15, -0.1) is 0 Å². The van der Waals surface area contributed by atoms with Crippen molar-refractivity contribution in [2.24, 2.45) is 0 Å². The smallest absolute Gasteiger partial charge is 0.229 e. The maximum absolute atomic E-state index is 12.8. The summed E-state index contributed by atoms with van der Waals surface area (Å²) in [4.78, 5) is 27.1. The minimum Gasteiger partial charge on any atom is -0.366 e. The van der Waals surface area contributed by atoms with Gasteiger partial charge < -0.3 is 4.90 Å². The third-order valence-electron chi connectivity index (χ3n) is 6.75. The molecule has 3 fully saturated rings. The van der Waals surface area contributed by atoms with E-state index in [-0.39, 0.29) is 54.5 Å². The summed E-state index contributed by atoms with van der Waals surface area (Å²) in [5.74, 6) is -0.594. The molecule has 1 unspecified atom stereocenters. The zero-order chi connectivity index (χ0) is 24.0. The van der Waals surface area contributed by atoms with E-state index in [2.05, 4.69) is 10.00 Å². The van der Waals surface area contributed by atoms with Crippen molar-refractivity contribution >= 4 is 37.4 Å². The number of anilines is 1. The second-order valence-corrected chi connectivity index (χ2v) is 13.3. The second kappa shape index (κ2) is 8.99. The Morgan fingerprint density at radius 3 is 2.24 bits per heavy atom. The van der Waals surface area contributed by atoms with Crippen molar-refractivity contribution in [2.75, 3.05) is 54.9 Å². The van der Waals surface area contributed by atoms with E-state index in [1.807, 2.05) is 18.5 Å². The Balaban J connectivity index is 1.39. The van der Waals surface area contributed by atoms with E-state index < -0.39 is 19.9 Å². The number of hydrogen-bond acceptors (Lipinski definition) is 8. The Morgan fingerprint density at radius 1 is 1.03 bits per heavy atom. The number of piperazine rings is 1. The molecule has 2 amide bonds. The lowest BCUT2D eigenvalue weighted by atomic mass is 10.1. The molecule has 3 aliphatic heterocycles. The number of aromatic nitrogens is 2. The first-order valence-electron chi connectivity index (χ1n) is 11.3. The minimum atomic E-state index is -3.60. The lowest BCUT2D eigenvalue weighted by Gasteiger charge is -2.36. The van der Waals surface area contributed by atoms with Gasteiger partial charge >= 0.3 is 0 Å². The number of piperidine rings is 1. The molecule has 3 saturated heterocycles. The van der Waals surface area contributed by atoms with E-state index in [0.29, 0.717) is 39.0 Å². The third-order valence-corrected chi connectivity index (χ3v) is 10.3. The van der Waals surface area contributed by atoms with Crippen molar-refractivity contribution in [1.29, 1.82) is 0 Å². The van der Waals surface area contributed by atoms with E-state index in [9.17, 15) is 26.4 Å². The second-order valence-electron chi connectivity index (χ2n) is 9.02. The van der Waals surface area contributed by atoms with Gasteiger partial charge in [0.15, 0.2) is 9.84 Å². The average Bonchev–Trinajstić information content (AvgIpc) is 3.25. The summed E-state index contributed by atoms with van der Waals surface area (Å²) in [6.07, 6.45) is 1.64. The van der Waals surface area contributed by atoms with Gasteiger partial charge in [-0.1, -0.05) is 0 Å². The van der Waals surface area contributed by atoms with Gasteiger partial charge in [0.1, 0.15) is 0 Å². The number of sulfone groups is 1. The first-order chi connectivity index (χ1) is 15.5. The van der Waals surface area contributed by atoms with Crippen LogP contribution in [0, 0.1) is 13.8 Å². The number of amides is 2. The summed E-state index contributed by atoms with van der Waals surface area (Å²) in [6, 6.07) is -0.163. The molecule has 33 heavy (non-hydrogen) atoms. The Kier molecular flexibility index (Phi) is 6.58. The number of sulfonamides is 1. The molecule has 0 spiro atoms. The van der Waals surface area contributed by atoms with E-state index in [0.717, 1.165) is 22.0 Å². The van der Waals surface area contributed by atoms with Crippen LogP contribution in [0.1, 0.15) is 43.1 Å². The van der Waals surface area contributed by atoms with Crippen LogP contribution < -0.4 is 4.90 Å². The van der Waals surface area contributed by atoms with Crippen molar-refractivity contribution in [3.8, 4) is 0 Å².